The molecule has 0 bridgehead atoms. The molecule has 1 heterocycles. The van der Waals surface area contributed by atoms with Gasteiger partial charge in [0.25, 0.3) is 0 Å². The Hall–Kier alpha value is -2.73. The maximum atomic E-state index is 8.75. The van der Waals surface area contributed by atoms with Crippen molar-refractivity contribution in [2.45, 2.75) is 0 Å². The van der Waals surface area contributed by atoms with Crippen LogP contribution in [0.4, 0.5) is 5.69 Å². The van der Waals surface area contributed by atoms with Gasteiger partial charge in [0.05, 0.1) is 22.8 Å². The van der Waals surface area contributed by atoms with Crippen molar-refractivity contribution < 1.29 is 0 Å². The number of anilines is 1. The lowest BCUT2D eigenvalue weighted by Crippen LogP contribution is -2.06. The van der Waals surface area contributed by atoms with E-state index in [2.05, 4.69) is 29.7 Å². The van der Waals surface area contributed by atoms with E-state index in [0.29, 0.717) is 5.56 Å². The van der Waals surface area contributed by atoms with Crippen LogP contribution in [0.2, 0.25) is 0 Å². The lowest BCUT2D eigenvalue weighted by molar-refractivity contribution is 1.01. The van der Waals surface area contributed by atoms with Crippen LogP contribution < -0.4 is 5.43 Å². The highest BCUT2D eigenvalue weighted by Crippen LogP contribution is 2.16. The molecule has 0 saturated carbocycles. The molecule has 3 aromatic rings. The van der Waals surface area contributed by atoms with E-state index in [1.54, 1.807) is 12.1 Å². The van der Waals surface area contributed by atoms with Gasteiger partial charge in [-0.25, -0.2) is 0 Å². The maximum Gasteiger partial charge on any atom is 0.0991 e. The van der Waals surface area contributed by atoms with Crippen LogP contribution in [0, 0.1) is 11.3 Å². The Kier molecular flexibility index (Phi) is 2.47. The van der Waals surface area contributed by atoms with Crippen molar-refractivity contribution >= 4 is 16.6 Å². The monoisotopic (exact) mass is 233 g/mol. The van der Waals surface area contributed by atoms with Crippen molar-refractivity contribution in [2.75, 3.05) is 5.43 Å². The summed E-state index contributed by atoms with van der Waals surface area (Å²) in [5.74, 6) is 0. The van der Waals surface area contributed by atoms with Crippen LogP contribution in [0.25, 0.3) is 10.9 Å². The first-order valence-corrected chi connectivity index (χ1v) is 5.70. The van der Waals surface area contributed by atoms with Crippen molar-refractivity contribution in [1.82, 2.24) is 4.68 Å². The minimum absolute atomic E-state index is 0.665. The lowest BCUT2D eigenvalue weighted by atomic mass is 10.2. The van der Waals surface area contributed by atoms with E-state index >= 15 is 0 Å². The highest BCUT2D eigenvalue weighted by Gasteiger charge is 1.99. The predicted molar refractivity (Wildman–Crippen MR) is 72.1 cm³/mol. The van der Waals surface area contributed by atoms with Crippen molar-refractivity contribution in [3.8, 4) is 6.07 Å². The summed E-state index contributed by atoms with van der Waals surface area (Å²) in [4.78, 5) is 0. The molecule has 2 aromatic carbocycles. The van der Waals surface area contributed by atoms with Gasteiger partial charge in [-0.15, -0.1) is 0 Å². The summed E-state index contributed by atoms with van der Waals surface area (Å²) in [6.45, 7) is 0. The van der Waals surface area contributed by atoms with Crippen LogP contribution in [0.3, 0.4) is 0 Å². The number of aromatic nitrogens is 1. The maximum absolute atomic E-state index is 8.75. The molecule has 0 saturated heterocycles. The Bertz CT molecular complexity index is 717. The molecule has 0 aliphatic heterocycles. The molecule has 86 valence electrons. The summed E-state index contributed by atoms with van der Waals surface area (Å²) in [7, 11) is 0. The summed E-state index contributed by atoms with van der Waals surface area (Å²) < 4.78 is 1.97. The molecule has 0 aliphatic rings. The molecule has 0 unspecified atom stereocenters. The van der Waals surface area contributed by atoms with Gasteiger partial charge in [0.1, 0.15) is 0 Å². The van der Waals surface area contributed by atoms with Gasteiger partial charge < -0.3 is 0 Å². The second-order valence-corrected chi connectivity index (χ2v) is 4.05. The summed E-state index contributed by atoms with van der Waals surface area (Å²) in [5, 5.41) is 9.94. The van der Waals surface area contributed by atoms with E-state index < -0.39 is 0 Å². The van der Waals surface area contributed by atoms with Crippen molar-refractivity contribution in [3.63, 3.8) is 0 Å². The molecule has 1 N–H and O–H groups in total. The molecule has 18 heavy (non-hydrogen) atoms. The molecular weight excluding hydrogens is 222 g/mol. The third kappa shape index (κ3) is 1.80. The first kappa shape index (κ1) is 10.4. The van der Waals surface area contributed by atoms with E-state index in [9.17, 15) is 0 Å². The van der Waals surface area contributed by atoms with Crippen LogP contribution in [-0.2, 0) is 0 Å². The summed E-state index contributed by atoms with van der Waals surface area (Å²) in [6.07, 6.45) is 1.99. The normalized spacial score (nSPS) is 10.2. The third-order valence-electron chi connectivity index (χ3n) is 2.86. The van der Waals surface area contributed by atoms with Gasteiger partial charge in [0.15, 0.2) is 0 Å². The molecule has 0 fully saturated rings. The van der Waals surface area contributed by atoms with Gasteiger partial charge >= 0.3 is 0 Å². The van der Waals surface area contributed by atoms with Gasteiger partial charge in [-0.3, -0.25) is 10.1 Å². The summed E-state index contributed by atoms with van der Waals surface area (Å²) in [6, 6.07) is 19.7. The highest BCUT2D eigenvalue weighted by molar-refractivity contribution is 5.80. The Balaban J connectivity index is 1.94. The average Bonchev–Trinajstić information content (AvgIpc) is 2.83. The fourth-order valence-corrected chi connectivity index (χ4v) is 1.94. The molecule has 0 aliphatic carbocycles. The van der Waals surface area contributed by atoms with Crippen molar-refractivity contribution in [2.24, 2.45) is 0 Å². The van der Waals surface area contributed by atoms with E-state index in [0.717, 1.165) is 11.2 Å². The predicted octanol–water partition coefficient (Wildman–Crippen LogP) is 3.39. The number of fused-ring (bicyclic) bond motifs is 1. The van der Waals surface area contributed by atoms with E-state index in [1.165, 1.54) is 5.39 Å². The van der Waals surface area contributed by atoms with E-state index in [-0.39, 0.29) is 0 Å². The highest BCUT2D eigenvalue weighted by atomic mass is 15.4. The Morgan fingerprint density at radius 2 is 1.72 bits per heavy atom. The van der Waals surface area contributed by atoms with Gasteiger partial charge in [0, 0.05) is 11.6 Å². The zero-order chi connectivity index (χ0) is 12.4. The fourth-order valence-electron chi connectivity index (χ4n) is 1.94. The number of benzene rings is 2. The summed E-state index contributed by atoms with van der Waals surface area (Å²) in [5.41, 5.74) is 6.03. The molecule has 0 atom stereocenters. The van der Waals surface area contributed by atoms with Crippen LogP contribution >= 0.6 is 0 Å². The zero-order valence-electron chi connectivity index (χ0n) is 9.67. The van der Waals surface area contributed by atoms with Crippen LogP contribution in [0.1, 0.15) is 5.56 Å². The number of hydrogen-bond acceptors (Lipinski definition) is 2. The Morgan fingerprint density at radius 1 is 0.944 bits per heavy atom. The van der Waals surface area contributed by atoms with E-state index in [1.807, 2.05) is 35.1 Å². The zero-order valence-corrected chi connectivity index (χ0v) is 9.67. The second-order valence-electron chi connectivity index (χ2n) is 4.05. The fraction of sp³-hybridized carbons (Fsp3) is 0. The number of para-hydroxylation sites is 1. The van der Waals surface area contributed by atoms with E-state index in [4.69, 9.17) is 5.26 Å². The number of nitriles is 1. The lowest BCUT2D eigenvalue weighted by Gasteiger charge is -2.09. The number of nitrogens with zero attached hydrogens (tertiary/aromatic N) is 2. The molecule has 3 nitrogen and oxygen atoms in total. The van der Waals surface area contributed by atoms with Gasteiger partial charge in [-0.2, -0.15) is 5.26 Å². The Morgan fingerprint density at radius 3 is 2.50 bits per heavy atom. The molecule has 3 heteroatoms. The van der Waals surface area contributed by atoms with Gasteiger partial charge in [0.2, 0.25) is 0 Å². The topological polar surface area (TPSA) is 40.8 Å². The van der Waals surface area contributed by atoms with Gasteiger partial charge in [-0.05, 0) is 36.4 Å². The van der Waals surface area contributed by atoms with Crippen LogP contribution in [0.15, 0.2) is 60.8 Å². The second kappa shape index (κ2) is 4.27. The van der Waals surface area contributed by atoms with Crippen LogP contribution in [-0.4, -0.2) is 4.68 Å². The smallest absolute Gasteiger partial charge is 0.0991 e. The quantitative estimate of drug-likeness (QED) is 0.737. The molecule has 0 radical (unpaired) electrons. The minimum Gasteiger partial charge on any atom is -0.294 e. The van der Waals surface area contributed by atoms with Crippen LogP contribution in [0.5, 0.6) is 0 Å². The molecule has 0 spiro atoms. The SMILES string of the molecule is N#Cc1ccc(Nn2ccc3ccccc32)cc1. The van der Waals surface area contributed by atoms with Crippen molar-refractivity contribution in [3.05, 3.63) is 66.4 Å². The standard InChI is InChI=1S/C15H11N3/c16-11-12-5-7-14(8-6-12)17-18-10-9-13-3-1-2-4-15(13)18/h1-10,17H. The summed E-state index contributed by atoms with van der Waals surface area (Å²) >= 11 is 0. The average molecular weight is 233 g/mol. The molecular formula is C15H11N3. The largest absolute Gasteiger partial charge is 0.294 e. The third-order valence-corrected chi connectivity index (χ3v) is 2.86. The molecule has 0 amide bonds. The minimum atomic E-state index is 0.665. The number of hydrogen-bond donors (Lipinski definition) is 1. The first-order valence-electron chi connectivity index (χ1n) is 5.70. The van der Waals surface area contributed by atoms with Gasteiger partial charge in [-0.1, -0.05) is 18.2 Å². The molecule has 1 aromatic heterocycles. The number of rotatable bonds is 2. The first-order chi connectivity index (χ1) is 8.86. The number of nitrogens with one attached hydrogen (secondary N) is 1. The van der Waals surface area contributed by atoms with Crippen molar-refractivity contribution in [1.29, 1.82) is 5.26 Å². The Labute approximate surface area is 105 Å². The molecule has 3 rings (SSSR count).